The predicted octanol–water partition coefficient (Wildman–Crippen LogP) is 4.37. The van der Waals surface area contributed by atoms with Crippen molar-refractivity contribution >= 4 is 52.2 Å². The van der Waals surface area contributed by atoms with Crippen molar-refractivity contribution in [2.24, 2.45) is 34.7 Å². The van der Waals surface area contributed by atoms with E-state index in [1.165, 1.54) is 11.8 Å². The second-order valence-electron chi connectivity index (χ2n) is 8.93. The first-order chi connectivity index (χ1) is 15.4. The van der Waals surface area contributed by atoms with Gasteiger partial charge in [-0.15, -0.1) is 0 Å². The highest BCUT2D eigenvalue weighted by Gasteiger charge is 2.70. The molecule has 0 N–H and O–H groups in total. The lowest BCUT2D eigenvalue weighted by Gasteiger charge is -2.30. The van der Waals surface area contributed by atoms with Crippen LogP contribution < -0.4 is 4.90 Å². The largest absolute Gasteiger partial charge is 0.391 e. The molecule has 3 fully saturated rings. The van der Waals surface area contributed by atoms with E-state index in [9.17, 15) is 14.4 Å². The van der Waals surface area contributed by atoms with Gasteiger partial charge in [0.05, 0.1) is 28.3 Å². The number of carbonyl (C=O) groups excluding carboxylic acids is 3. The summed E-state index contributed by atoms with van der Waals surface area (Å²) in [6, 6.07) is 11.9. The van der Waals surface area contributed by atoms with E-state index < -0.39 is 11.8 Å². The average Bonchev–Trinajstić information content (AvgIpc) is 3.49. The molecule has 2 amide bonds. The molecule has 6 atom stereocenters. The van der Waals surface area contributed by atoms with Gasteiger partial charge in [0.15, 0.2) is 5.78 Å². The number of benzene rings is 2. The topological polar surface area (TPSA) is 76.0 Å². The Hall–Kier alpha value is -2.70. The van der Waals surface area contributed by atoms with E-state index in [0.29, 0.717) is 21.3 Å². The van der Waals surface area contributed by atoms with Crippen LogP contribution in [0.15, 0.2) is 47.6 Å². The molecule has 162 valence electrons. The van der Waals surface area contributed by atoms with Crippen LogP contribution in [0.25, 0.3) is 0 Å². The van der Waals surface area contributed by atoms with Gasteiger partial charge in [-0.05, 0) is 55.7 Å². The Morgan fingerprint density at radius 1 is 1.00 bits per heavy atom. The molecule has 2 aromatic carbocycles. The Labute approximate surface area is 194 Å². The van der Waals surface area contributed by atoms with Crippen LogP contribution in [0, 0.1) is 29.6 Å². The van der Waals surface area contributed by atoms with Gasteiger partial charge in [-0.1, -0.05) is 34.4 Å². The molecule has 8 heteroatoms. The summed E-state index contributed by atoms with van der Waals surface area (Å²) in [5.74, 6) is -1.45. The summed E-state index contributed by atoms with van der Waals surface area (Å²) in [6.45, 7) is 1.48. The first-order valence-corrected chi connectivity index (χ1v) is 11.3. The summed E-state index contributed by atoms with van der Waals surface area (Å²) in [4.78, 5) is 45.5. The number of Topliss-reactive ketones (excluding diaryl/α,β-unsaturated/α-hetero) is 1. The third kappa shape index (κ3) is 2.60. The maximum absolute atomic E-state index is 13.5. The first kappa shape index (κ1) is 19.9. The maximum Gasteiger partial charge on any atom is 0.238 e. The molecule has 2 saturated carbocycles. The van der Waals surface area contributed by atoms with Crippen LogP contribution >= 0.6 is 23.2 Å². The van der Waals surface area contributed by atoms with Gasteiger partial charge in [0.1, 0.15) is 6.10 Å². The van der Waals surface area contributed by atoms with Crippen LogP contribution in [-0.2, 0) is 14.4 Å². The molecule has 0 spiro atoms. The highest BCUT2D eigenvalue weighted by molar-refractivity contribution is 6.37. The number of halogens is 2. The minimum Gasteiger partial charge on any atom is -0.391 e. The number of ketones is 1. The Bertz CT molecular complexity index is 1230. The SMILES string of the molecule is CC(=O)c1ccc(N2C(=O)C3C4CC(C5C(c6ccc(Cl)cc6Cl)=NOC45)C3C2=O)cc1. The third-order valence-electron chi connectivity index (χ3n) is 7.43. The molecule has 2 aliphatic carbocycles. The molecular weight excluding hydrogens is 451 g/mol. The summed E-state index contributed by atoms with van der Waals surface area (Å²) in [6.07, 6.45) is 0.517. The monoisotopic (exact) mass is 468 g/mol. The Morgan fingerprint density at radius 2 is 1.69 bits per heavy atom. The van der Waals surface area contributed by atoms with Gasteiger partial charge in [0, 0.05) is 28.0 Å². The standard InChI is InChI=1S/C24H18Cl2N2O4/c1-10(29)11-2-5-13(6-3-11)28-23(30)18-15-9-16(19(18)24(28)31)22-20(15)21(27-32-22)14-7-4-12(25)8-17(14)26/h2-8,15-16,18-20,22H,9H2,1H3. The van der Waals surface area contributed by atoms with Crippen molar-refractivity contribution in [3.05, 3.63) is 63.6 Å². The number of nitrogens with zero attached hydrogens (tertiary/aromatic N) is 2. The lowest BCUT2D eigenvalue weighted by Crippen LogP contribution is -2.41. The fourth-order valence-electron chi connectivity index (χ4n) is 6.14. The van der Waals surface area contributed by atoms with Gasteiger partial charge < -0.3 is 4.84 Å². The summed E-state index contributed by atoms with van der Waals surface area (Å²) < 4.78 is 0. The second-order valence-corrected chi connectivity index (χ2v) is 9.77. The predicted molar refractivity (Wildman–Crippen MR) is 119 cm³/mol. The van der Waals surface area contributed by atoms with Crippen LogP contribution in [0.4, 0.5) is 5.69 Å². The zero-order valence-electron chi connectivity index (χ0n) is 17.0. The van der Waals surface area contributed by atoms with Crippen LogP contribution in [0.1, 0.15) is 29.3 Å². The normalized spacial score (nSPS) is 32.1. The molecule has 0 radical (unpaired) electrons. The smallest absolute Gasteiger partial charge is 0.238 e. The number of carbonyl (C=O) groups is 3. The zero-order chi connectivity index (χ0) is 22.3. The van der Waals surface area contributed by atoms with Gasteiger partial charge in [0.25, 0.3) is 0 Å². The highest BCUT2D eigenvalue weighted by atomic mass is 35.5. The number of hydrogen-bond acceptors (Lipinski definition) is 5. The van der Waals surface area contributed by atoms with E-state index in [2.05, 4.69) is 5.16 Å². The van der Waals surface area contributed by atoms with Gasteiger partial charge in [-0.25, -0.2) is 0 Å². The zero-order valence-corrected chi connectivity index (χ0v) is 18.5. The molecule has 32 heavy (non-hydrogen) atoms. The number of hydrogen-bond donors (Lipinski definition) is 0. The number of oxime groups is 1. The van der Waals surface area contributed by atoms with Gasteiger partial charge in [-0.3, -0.25) is 19.3 Å². The van der Waals surface area contributed by atoms with Crippen LogP contribution in [0.2, 0.25) is 10.0 Å². The van der Waals surface area contributed by atoms with Crippen molar-refractivity contribution in [3.63, 3.8) is 0 Å². The fourth-order valence-corrected chi connectivity index (χ4v) is 6.65. The van der Waals surface area contributed by atoms with Gasteiger partial charge >= 0.3 is 0 Å². The molecular formula is C24H18Cl2N2O4. The molecule has 6 unspecified atom stereocenters. The number of anilines is 1. The van der Waals surface area contributed by atoms with Crippen molar-refractivity contribution in [2.75, 3.05) is 4.90 Å². The van der Waals surface area contributed by atoms with Crippen molar-refractivity contribution in [1.82, 2.24) is 0 Å². The second kappa shape index (κ2) is 6.90. The Balaban J connectivity index is 1.33. The van der Waals surface area contributed by atoms with Crippen molar-refractivity contribution in [1.29, 1.82) is 0 Å². The van der Waals surface area contributed by atoms with Crippen molar-refractivity contribution in [2.45, 2.75) is 19.4 Å². The molecule has 6 nitrogen and oxygen atoms in total. The molecule has 2 aliphatic heterocycles. The lowest BCUT2D eigenvalue weighted by atomic mass is 9.71. The van der Waals surface area contributed by atoms with Gasteiger partial charge in [0.2, 0.25) is 11.8 Å². The minimum absolute atomic E-state index is 0.0408. The fraction of sp³-hybridized carbons (Fsp3) is 0.333. The van der Waals surface area contributed by atoms with Crippen molar-refractivity contribution in [3.8, 4) is 0 Å². The van der Waals surface area contributed by atoms with Crippen LogP contribution in [-0.4, -0.2) is 29.4 Å². The van der Waals surface area contributed by atoms with E-state index in [0.717, 1.165) is 17.7 Å². The number of amides is 2. The van der Waals surface area contributed by atoms with Gasteiger partial charge in [-0.2, -0.15) is 0 Å². The molecule has 0 aromatic heterocycles. The summed E-state index contributed by atoms with van der Waals surface area (Å²) >= 11 is 12.5. The Morgan fingerprint density at radius 3 is 2.34 bits per heavy atom. The molecule has 2 heterocycles. The number of rotatable bonds is 3. The molecule has 4 aliphatic rings. The summed E-state index contributed by atoms with van der Waals surface area (Å²) in [5.41, 5.74) is 2.52. The van der Waals surface area contributed by atoms with Crippen LogP contribution in [0.3, 0.4) is 0 Å². The quantitative estimate of drug-likeness (QED) is 0.494. The number of imide groups is 1. The van der Waals surface area contributed by atoms with E-state index >= 15 is 0 Å². The minimum atomic E-state index is -0.406. The van der Waals surface area contributed by atoms with Crippen molar-refractivity contribution < 1.29 is 19.2 Å². The molecule has 2 bridgehead atoms. The van der Waals surface area contributed by atoms with E-state index in [1.54, 1.807) is 36.4 Å². The molecule has 6 rings (SSSR count). The Kier molecular flexibility index (Phi) is 4.30. The first-order valence-electron chi connectivity index (χ1n) is 10.5. The third-order valence-corrected chi connectivity index (χ3v) is 7.98. The van der Waals surface area contributed by atoms with E-state index in [1.807, 2.05) is 6.07 Å². The molecule has 2 aromatic rings. The molecule has 1 saturated heterocycles. The lowest BCUT2D eigenvalue weighted by molar-refractivity contribution is -0.125. The average molecular weight is 469 g/mol. The highest BCUT2D eigenvalue weighted by Crippen LogP contribution is 2.62. The summed E-state index contributed by atoms with van der Waals surface area (Å²) in [7, 11) is 0. The summed E-state index contributed by atoms with van der Waals surface area (Å²) in [5, 5.41) is 5.34. The van der Waals surface area contributed by atoms with E-state index in [4.69, 9.17) is 28.0 Å². The number of fused-ring (bicyclic) bond motifs is 8. The maximum atomic E-state index is 13.5. The van der Waals surface area contributed by atoms with Crippen LogP contribution in [0.5, 0.6) is 0 Å². The van der Waals surface area contributed by atoms with E-state index in [-0.39, 0.29) is 41.5 Å².